The minimum Gasteiger partial charge on any atom is -0.472 e. The number of ether oxygens (including phenoxy) is 1. The summed E-state index contributed by atoms with van der Waals surface area (Å²) in [6.07, 6.45) is 6.72. The zero-order chi connectivity index (χ0) is 16.9. The third-order valence-corrected chi connectivity index (χ3v) is 5.14. The molecule has 0 N–H and O–H groups in total. The van der Waals surface area contributed by atoms with Gasteiger partial charge in [0, 0.05) is 38.0 Å². The van der Waals surface area contributed by atoms with Crippen LogP contribution in [0.25, 0.3) is 0 Å². The van der Waals surface area contributed by atoms with E-state index < -0.39 is 0 Å². The maximum absolute atomic E-state index is 12.5. The van der Waals surface area contributed by atoms with Gasteiger partial charge in [-0.3, -0.25) is 4.79 Å². The molecule has 3 rings (SSSR count). The summed E-state index contributed by atoms with van der Waals surface area (Å²) in [6.45, 7) is 7.71. The fourth-order valence-electron chi connectivity index (χ4n) is 3.60. The van der Waals surface area contributed by atoms with E-state index in [-0.39, 0.29) is 17.9 Å². The molecule has 6 nitrogen and oxygen atoms in total. The highest BCUT2D eigenvalue weighted by molar-refractivity contribution is 5.79. The summed E-state index contributed by atoms with van der Waals surface area (Å²) in [6, 6.07) is 1.93. The number of amides is 1. The lowest BCUT2D eigenvalue weighted by molar-refractivity contribution is -0.134. The highest BCUT2D eigenvalue weighted by Gasteiger charge is 2.30. The van der Waals surface area contributed by atoms with E-state index in [9.17, 15) is 4.79 Å². The predicted molar refractivity (Wildman–Crippen MR) is 93.2 cm³/mol. The first-order valence-corrected chi connectivity index (χ1v) is 9.23. The number of carbonyl (C=O) groups excluding carboxylic acids is 1. The minimum atomic E-state index is 0.0321. The molecule has 0 radical (unpaired) electrons. The third kappa shape index (κ3) is 3.79. The summed E-state index contributed by atoms with van der Waals surface area (Å²) >= 11 is 0. The summed E-state index contributed by atoms with van der Waals surface area (Å²) in [5.74, 6) is 1.98. The number of nitrogens with zero attached hydrogens (tertiary/aromatic N) is 4. The summed E-state index contributed by atoms with van der Waals surface area (Å²) in [5.41, 5.74) is 0. The lowest BCUT2D eigenvalue weighted by Gasteiger charge is -2.22. The van der Waals surface area contributed by atoms with Crippen LogP contribution >= 0.6 is 0 Å². The molecule has 0 saturated carbocycles. The second-order valence-corrected chi connectivity index (χ2v) is 6.73. The van der Waals surface area contributed by atoms with E-state index in [1.807, 2.05) is 11.0 Å². The molecule has 2 fully saturated rings. The lowest BCUT2D eigenvalue weighted by atomic mass is 10.0. The minimum absolute atomic E-state index is 0.0321. The van der Waals surface area contributed by atoms with Crippen LogP contribution in [0.5, 0.6) is 5.88 Å². The van der Waals surface area contributed by atoms with Crippen molar-refractivity contribution in [1.29, 1.82) is 0 Å². The highest BCUT2D eigenvalue weighted by Crippen LogP contribution is 2.24. The number of rotatable bonds is 6. The van der Waals surface area contributed by atoms with Crippen LogP contribution in [0.2, 0.25) is 0 Å². The van der Waals surface area contributed by atoms with Crippen LogP contribution in [0.1, 0.15) is 46.0 Å². The van der Waals surface area contributed by atoms with Crippen LogP contribution < -0.4 is 9.64 Å². The molecule has 0 aliphatic carbocycles. The van der Waals surface area contributed by atoms with Crippen molar-refractivity contribution in [3.05, 3.63) is 12.4 Å². The Balaban J connectivity index is 1.57. The molecule has 0 spiro atoms. The van der Waals surface area contributed by atoms with Gasteiger partial charge in [-0.25, -0.2) is 9.97 Å². The first kappa shape index (κ1) is 17.0. The van der Waals surface area contributed by atoms with Crippen molar-refractivity contribution < 1.29 is 9.53 Å². The molecule has 24 heavy (non-hydrogen) atoms. The van der Waals surface area contributed by atoms with E-state index in [0.717, 1.165) is 44.7 Å². The number of likely N-dealkylation sites (tertiary alicyclic amines) is 1. The smallest absolute Gasteiger partial charge is 0.225 e. The van der Waals surface area contributed by atoms with Gasteiger partial charge in [-0.15, -0.1) is 0 Å². The predicted octanol–water partition coefficient (Wildman–Crippen LogP) is 2.49. The van der Waals surface area contributed by atoms with Gasteiger partial charge in [0.1, 0.15) is 18.2 Å². The number of hydrogen-bond donors (Lipinski definition) is 0. The number of carbonyl (C=O) groups is 1. The van der Waals surface area contributed by atoms with Crippen LogP contribution in [0.15, 0.2) is 12.4 Å². The zero-order valence-electron chi connectivity index (χ0n) is 14.8. The van der Waals surface area contributed by atoms with Crippen LogP contribution in [-0.4, -0.2) is 53.1 Å². The molecule has 6 heteroatoms. The van der Waals surface area contributed by atoms with Crippen molar-refractivity contribution in [3.8, 4) is 5.88 Å². The second-order valence-electron chi connectivity index (χ2n) is 6.73. The van der Waals surface area contributed by atoms with Crippen molar-refractivity contribution in [2.45, 2.75) is 52.1 Å². The summed E-state index contributed by atoms with van der Waals surface area (Å²) < 4.78 is 6.03. The van der Waals surface area contributed by atoms with Crippen molar-refractivity contribution >= 4 is 11.7 Å². The molecule has 1 amide bonds. The third-order valence-electron chi connectivity index (χ3n) is 5.14. The fourth-order valence-corrected chi connectivity index (χ4v) is 3.60. The van der Waals surface area contributed by atoms with Gasteiger partial charge in [-0.05, 0) is 25.7 Å². The summed E-state index contributed by atoms with van der Waals surface area (Å²) in [5, 5.41) is 0. The molecule has 1 aromatic heterocycles. The Labute approximate surface area is 144 Å². The topological polar surface area (TPSA) is 58.6 Å². The molecule has 0 aromatic carbocycles. The molecule has 132 valence electrons. The maximum Gasteiger partial charge on any atom is 0.225 e. The molecule has 2 aliphatic heterocycles. The molecule has 2 aliphatic rings. The van der Waals surface area contributed by atoms with Gasteiger partial charge in [0.05, 0.1) is 6.54 Å². The number of anilines is 1. The lowest BCUT2D eigenvalue weighted by Crippen LogP contribution is -2.35. The number of aromatic nitrogens is 2. The van der Waals surface area contributed by atoms with Crippen LogP contribution in [0.3, 0.4) is 0 Å². The molecular weight excluding hydrogens is 304 g/mol. The fraction of sp³-hybridized carbons (Fsp3) is 0.722. The normalized spacial score (nSPS) is 20.9. The number of hydrogen-bond acceptors (Lipinski definition) is 5. The molecule has 1 atom stereocenters. The summed E-state index contributed by atoms with van der Waals surface area (Å²) in [4.78, 5) is 25.3. The molecule has 1 unspecified atom stereocenters. The van der Waals surface area contributed by atoms with Gasteiger partial charge >= 0.3 is 0 Å². The van der Waals surface area contributed by atoms with E-state index in [0.29, 0.717) is 12.4 Å². The monoisotopic (exact) mass is 332 g/mol. The van der Waals surface area contributed by atoms with E-state index in [4.69, 9.17) is 4.74 Å². The van der Waals surface area contributed by atoms with Gasteiger partial charge in [-0.1, -0.05) is 13.8 Å². The van der Waals surface area contributed by atoms with Crippen LogP contribution in [0, 0.1) is 5.92 Å². The highest BCUT2D eigenvalue weighted by atomic mass is 16.5. The van der Waals surface area contributed by atoms with E-state index in [1.54, 1.807) is 6.33 Å². The van der Waals surface area contributed by atoms with Gasteiger partial charge in [0.15, 0.2) is 0 Å². The van der Waals surface area contributed by atoms with Crippen molar-refractivity contribution in [1.82, 2.24) is 14.9 Å². The maximum atomic E-state index is 12.5. The standard InChI is InChI=1S/C18H28N4O2/c1-3-14(4-2)18(23)22-10-7-15(12-22)24-17-11-16(19-13-20-17)21-8-5-6-9-21/h11,13-15H,3-10,12H2,1-2H3. The van der Waals surface area contributed by atoms with Crippen molar-refractivity contribution in [2.75, 3.05) is 31.1 Å². The Hall–Kier alpha value is -1.85. The molecule has 1 aromatic rings. The summed E-state index contributed by atoms with van der Waals surface area (Å²) in [7, 11) is 0. The van der Waals surface area contributed by atoms with Gasteiger partial charge < -0.3 is 14.5 Å². The quantitative estimate of drug-likeness (QED) is 0.801. The Bertz CT molecular complexity index is 556. The molecule has 2 saturated heterocycles. The zero-order valence-corrected chi connectivity index (χ0v) is 14.8. The van der Waals surface area contributed by atoms with Crippen LogP contribution in [-0.2, 0) is 4.79 Å². The van der Waals surface area contributed by atoms with E-state index >= 15 is 0 Å². The van der Waals surface area contributed by atoms with Crippen molar-refractivity contribution in [2.24, 2.45) is 5.92 Å². The van der Waals surface area contributed by atoms with Crippen LogP contribution in [0.4, 0.5) is 5.82 Å². The Morgan fingerprint density at radius 1 is 1.25 bits per heavy atom. The first-order chi connectivity index (χ1) is 11.7. The van der Waals surface area contributed by atoms with Gasteiger partial charge in [0.2, 0.25) is 11.8 Å². The van der Waals surface area contributed by atoms with E-state index in [2.05, 4.69) is 28.7 Å². The van der Waals surface area contributed by atoms with E-state index in [1.165, 1.54) is 12.8 Å². The Morgan fingerprint density at radius 2 is 2.00 bits per heavy atom. The average Bonchev–Trinajstić information content (AvgIpc) is 3.28. The van der Waals surface area contributed by atoms with Gasteiger partial charge in [0.25, 0.3) is 0 Å². The van der Waals surface area contributed by atoms with Gasteiger partial charge in [-0.2, -0.15) is 0 Å². The largest absolute Gasteiger partial charge is 0.472 e. The first-order valence-electron chi connectivity index (χ1n) is 9.23. The Morgan fingerprint density at radius 3 is 2.71 bits per heavy atom. The molecule has 0 bridgehead atoms. The van der Waals surface area contributed by atoms with Crippen molar-refractivity contribution in [3.63, 3.8) is 0 Å². The Kier molecular flexibility index (Phi) is 5.53. The molecule has 3 heterocycles. The molecular formula is C18H28N4O2. The SMILES string of the molecule is CCC(CC)C(=O)N1CCC(Oc2cc(N3CCCC3)ncn2)C1. The second kappa shape index (κ2) is 7.81. The average molecular weight is 332 g/mol.